The summed E-state index contributed by atoms with van der Waals surface area (Å²) in [6.07, 6.45) is 2.04. The van der Waals surface area contributed by atoms with Crippen molar-refractivity contribution in [2.24, 2.45) is 5.73 Å². The van der Waals surface area contributed by atoms with Gasteiger partial charge >= 0.3 is 0 Å². The molecule has 0 spiro atoms. The first-order valence-electron chi connectivity index (χ1n) is 5.67. The fourth-order valence-electron chi connectivity index (χ4n) is 1.96. The number of nitrogens with one attached hydrogen (secondary N) is 1. The van der Waals surface area contributed by atoms with Gasteiger partial charge in [-0.1, -0.05) is 15.9 Å². The molecule has 1 atom stereocenters. The van der Waals surface area contributed by atoms with Crippen LogP contribution in [0, 0.1) is 0 Å². The van der Waals surface area contributed by atoms with E-state index < -0.39 is 0 Å². The topological polar surface area (TPSA) is 47.3 Å². The van der Waals surface area contributed by atoms with Gasteiger partial charge in [-0.2, -0.15) is 0 Å². The highest BCUT2D eigenvalue weighted by Gasteiger charge is 2.20. The molecule has 1 aromatic rings. The normalized spacial score (nSPS) is 19.0. The Hall–Kier alpha value is -0.580. The maximum Gasteiger partial charge on any atom is 0.124 e. The molecule has 3 nitrogen and oxygen atoms in total. The van der Waals surface area contributed by atoms with E-state index in [1.807, 2.05) is 12.1 Å². The molecule has 4 heteroatoms. The fourth-order valence-corrected chi connectivity index (χ4v) is 2.33. The third-order valence-corrected chi connectivity index (χ3v) is 3.28. The van der Waals surface area contributed by atoms with Gasteiger partial charge in [0.05, 0.1) is 6.61 Å². The average Bonchev–Trinajstić information content (AvgIpc) is 2.30. The maximum atomic E-state index is 5.63. The smallest absolute Gasteiger partial charge is 0.124 e. The van der Waals surface area contributed by atoms with E-state index >= 15 is 0 Å². The highest BCUT2D eigenvalue weighted by molar-refractivity contribution is 9.10. The van der Waals surface area contributed by atoms with E-state index in [2.05, 4.69) is 27.3 Å². The van der Waals surface area contributed by atoms with Crippen LogP contribution in [-0.4, -0.2) is 19.7 Å². The van der Waals surface area contributed by atoms with Crippen molar-refractivity contribution in [2.45, 2.75) is 18.9 Å². The van der Waals surface area contributed by atoms with Gasteiger partial charge in [-0.3, -0.25) is 0 Å². The summed E-state index contributed by atoms with van der Waals surface area (Å²) in [6, 6.07) is 6.57. The van der Waals surface area contributed by atoms with Crippen LogP contribution in [0.1, 0.15) is 24.4 Å². The first kappa shape index (κ1) is 11.9. The molecule has 0 bridgehead atoms. The number of hydrogen-bond acceptors (Lipinski definition) is 3. The van der Waals surface area contributed by atoms with Gasteiger partial charge < -0.3 is 15.8 Å². The van der Waals surface area contributed by atoms with Crippen LogP contribution >= 0.6 is 15.9 Å². The summed E-state index contributed by atoms with van der Waals surface area (Å²) in [4.78, 5) is 0. The molecule has 0 saturated carbocycles. The Balaban J connectivity index is 2.09. The third kappa shape index (κ3) is 2.75. The van der Waals surface area contributed by atoms with E-state index in [4.69, 9.17) is 10.5 Å². The maximum absolute atomic E-state index is 5.63. The van der Waals surface area contributed by atoms with Gasteiger partial charge in [0.1, 0.15) is 5.75 Å². The fraction of sp³-hybridized carbons (Fsp3) is 0.500. The second-order valence-electron chi connectivity index (χ2n) is 3.97. The Bertz CT molecular complexity index is 357. The average molecular weight is 285 g/mol. The first-order valence-corrected chi connectivity index (χ1v) is 6.46. The standard InChI is InChI=1S/C12H17BrN2O/c13-9-2-3-12-10(8-9)11(4-7-16-12)15-6-1-5-14/h2-3,8,11,15H,1,4-7,14H2. The van der Waals surface area contributed by atoms with Gasteiger partial charge in [-0.05, 0) is 37.7 Å². The first-order chi connectivity index (χ1) is 7.81. The molecule has 1 aromatic carbocycles. The van der Waals surface area contributed by atoms with Crippen LogP contribution in [-0.2, 0) is 0 Å². The van der Waals surface area contributed by atoms with Crippen molar-refractivity contribution in [1.82, 2.24) is 5.32 Å². The van der Waals surface area contributed by atoms with Crippen LogP contribution in [0.2, 0.25) is 0 Å². The van der Waals surface area contributed by atoms with Crippen molar-refractivity contribution in [3.8, 4) is 5.75 Å². The Morgan fingerprint density at radius 2 is 2.38 bits per heavy atom. The van der Waals surface area contributed by atoms with E-state index in [0.29, 0.717) is 6.04 Å². The molecule has 88 valence electrons. The summed E-state index contributed by atoms with van der Waals surface area (Å²) in [5.41, 5.74) is 6.74. The quantitative estimate of drug-likeness (QED) is 0.834. The molecule has 3 N–H and O–H groups in total. The molecular weight excluding hydrogens is 268 g/mol. The van der Waals surface area contributed by atoms with Crippen molar-refractivity contribution in [2.75, 3.05) is 19.7 Å². The number of nitrogens with two attached hydrogens (primary N) is 1. The van der Waals surface area contributed by atoms with Gasteiger partial charge in [-0.15, -0.1) is 0 Å². The molecule has 1 unspecified atom stereocenters. The van der Waals surface area contributed by atoms with E-state index in [0.717, 1.165) is 42.8 Å². The van der Waals surface area contributed by atoms with Crippen molar-refractivity contribution >= 4 is 15.9 Å². The molecule has 0 aliphatic carbocycles. The zero-order valence-electron chi connectivity index (χ0n) is 9.21. The molecule has 0 amide bonds. The number of hydrogen-bond donors (Lipinski definition) is 2. The lowest BCUT2D eigenvalue weighted by molar-refractivity contribution is 0.253. The van der Waals surface area contributed by atoms with Gasteiger partial charge in [0.2, 0.25) is 0 Å². The number of benzene rings is 1. The van der Waals surface area contributed by atoms with Crippen molar-refractivity contribution in [1.29, 1.82) is 0 Å². The molecule has 1 aliphatic rings. The van der Waals surface area contributed by atoms with Gasteiger partial charge in [0.15, 0.2) is 0 Å². The largest absolute Gasteiger partial charge is 0.493 e. The van der Waals surface area contributed by atoms with Gasteiger partial charge in [0.25, 0.3) is 0 Å². The predicted molar refractivity (Wildman–Crippen MR) is 68.7 cm³/mol. The second-order valence-corrected chi connectivity index (χ2v) is 4.88. The zero-order valence-corrected chi connectivity index (χ0v) is 10.8. The van der Waals surface area contributed by atoms with Crippen LogP contribution in [0.3, 0.4) is 0 Å². The summed E-state index contributed by atoms with van der Waals surface area (Å²) in [5, 5.41) is 3.53. The molecule has 1 heterocycles. The SMILES string of the molecule is NCCCNC1CCOc2ccc(Br)cc21. The minimum atomic E-state index is 0.396. The second kappa shape index (κ2) is 5.66. The predicted octanol–water partition coefficient (Wildman–Crippen LogP) is 2.21. The van der Waals surface area contributed by atoms with Crippen molar-refractivity contribution in [3.05, 3.63) is 28.2 Å². The minimum Gasteiger partial charge on any atom is -0.493 e. The number of fused-ring (bicyclic) bond motifs is 1. The lowest BCUT2D eigenvalue weighted by atomic mass is 10.0. The minimum absolute atomic E-state index is 0.396. The van der Waals surface area contributed by atoms with Crippen LogP contribution in [0.15, 0.2) is 22.7 Å². The Morgan fingerprint density at radius 3 is 3.19 bits per heavy atom. The lowest BCUT2D eigenvalue weighted by Gasteiger charge is -2.27. The highest BCUT2D eigenvalue weighted by atomic mass is 79.9. The summed E-state index contributed by atoms with van der Waals surface area (Å²) < 4.78 is 6.73. The van der Waals surface area contributed by atoms with E-state index in [9.17, 15) is 0 Å². The Labute approximate surface area is 104 Å². The molecular formula is C12H17BrN2O. The summed E-state index contributed by atoms with van der Waals surface area (Å²) in [7, 11) is 0. The number of halogens is 1. The summed E-state index contributed by atoms with van der Waals surface area (Å²) in [5.74, 6) is 1.000. The number of rotatable bonds is 4. The highest BCUT2D eigenvalue weighted by Crippen LogP contribution is 2.33. The lowest BCUT2D eigenvalue weighted by Crippen LogP contribution is -2.28. The van der Waals surface area contributed by atoms with E-state index in [1.54, 1.807) is 0 Å². The zero-order chi connectivity index (χ0) is 11.4. The van der Waals surface area contributed by atoms with Crippen LogP contribution in [0.5, 0.6) is 5.75 Å². The van der Waals surface area contributed by atoms with Gasteiger partial charge in [-0.25, -0.2) is 0 Å². The van der Waals surface area contributed by atoms with E-state index in [1.165, 1.54) is 5.56 Å². The van der Waals surface area contributed by atoms with E-state index in [-0.39, 0.29) is 0 Å². The molecule has 0 aromatic heterocycles. The Morgan fingerprint density at radius 1 is 1.50 bits per heavy atom. The van der Waals surface area contributed by atoms with Crippen molar-refractivity contribution in [3.63, 3.8) is 0 Å². The monoisotopic (exact) mass is 284 g/mol. The molecule has 0 saturated heterocycles. The third-order valence-electron chi connectivity index (χ3n) is 2.78. The van der Waals surface area contributed by atoms with Crippen LogP contribution in [0.4, 0.5) is 0 Å². The molecule has 1 aliphatic heterocycles. The van der Waals surface area contributed by atoms with Crippen LogP contribution in [0.25, 0.3) is 0 Å². The summed E-state index contributed by atoms with van der Waals surface area (Å²) >= 11 is 3.50. The number of ether oxygens (including phenoxy) is 1. The van der Waals surface area contributed by atoms with Gasteiger partial charge in [0, 0.05) is 22.5 Å². The molecule has 16 heavy (non-hydrogen) atoms. The summed E-state index contributed by atoms with van der Waals surface area (Å²) in [6.45, 7) is 2.49. The molecule has 2 rings (SSSR count). The molecule has 0 radical (unpaired) electrons. The Kier molecular flexibility index (Phi) is 4.21. The molecule has 0 fully saturated rings. The van der Waals surface area contributed by atoms with Crippen LogP contribution < -0.4 is 15.8 Å². The van der Waals surface area contributed by atoms with Crippen molar-refractivity contribution < 1.29 is 4.74 Å².